The molecular formula is C25H18ClIN2O6. The van der Waals surface area contributed by atoms with Crippen molar-refractivity contribution in [3.8, 4) is 11.5 Å². The third-order valence-electron chi connectivity index (χ3n) is 5.09. The highest BCUT2D eigenvalue weighted by Gasteiger charge is 2.25. The predicted molar refractivity (Wildman–Crippen MR) is 140 cm³/mol. The molecule has 0 fully saturated rings. The average Bonchev–Trinajstić information content (AvgIpc) is 3.17. The zero-order valence-electron chi connectivity index (χ0n) is 18.6. The van der Waals surface area contributed by atoms with Gasteiger partial charge in [-0.3, -0.25) is 10.1 Å². The molecule has 0 unspecified atom stereocenters. The van der Waals surface area contributed by atoms with E-state index < -0.39 is 10.9 Å². The number of aryl methyl sites for hydroxylation is 1. The molecule has 8 nitrogen and oxygen atoms in total. The van der Waals surface area contributed by atoms with Gasteiger partial charge in [0.2, 0.25) is 5.90 Å². The number of nitro groups is 1. The number of rotatable bonds is 7. The van der Waals surface area contributed by atoms with E-state index in [0.717, 1.165) is 9.13 Å². The van der Waals surface area contributed by atoms with Crippen molar-refractivity contribution in [2.24, 2.45) is 4.99 Å². The SMILES string of the molecule is COc1cc(/C=C2\N=C(c3ccc([N+](=O)[O-])c(C)c3)OC2=O)cc(I)c1OCc1cccc(Cl)c1. The zero-order valence-corrected chi connectivity index (χ0v) is 21.5. The number of hydrogen-bond donors (Lipinski definition) is 0. The highest BCUT2D eigenvalue weighted by molar-refractivity contribution is 14.1. The van der Waals surface area contributed by atoms with Crippen LogP contribution < -0.4 is 9.47 Å². The van der Waals surface area contributed by atoms with Gasteiger partial charge in [-0.15, -0.1) is 0 Å². The van der Waals surface area contributed by atoms with Crippen molar-refractivity contribution in [3.63, 3.8) is 0 Å². The highest BCUT2D eigenvalue weighted by atomic mass is 127. The predicted octanol–water partition coefficient (Wildman–Crippen LogP) is 6.09. The molecule has 3 aromatic carbocycles. The molecule has 0 spiro atoms. The van der Waals surface area contributed by atoms with Crippen molar-refractivity contribution >= 4 is 57.8 Å². The number of esters is 1. The number of carbonyl (C=O) groups excluding carboxylic acids is 1. The average molecular weight is 605 g/mol. The third-order valence-corrected chi connectivity index (χ3v) is 6.12. The van der Waals surface area contributed by atoms with Crippen LogP contribution in [0.15, 0.2) is 65.3 Å². The second kappa shape index (κ2) is 10.4. The summed E-state index contributed by atoms with van der Waals surface area (Å²) in [5.74, 6) is 0.524. The molecule has 1 heterocycles. The summed E-state index contributed by atoms with van der Waals surface area (Å²) < 4.78 is 17.6. The van der Waals surface area contributed by atoms with E-state index >= 15 is 0 Å². The van der Waals surface area contributed by atoms with E-state index in [9.17, 15) is 14.9 Å². The van der Waals surface area contributed by atoms with Crippen LogP contribution in [0.5, 0.6) is 11.5 Å². The summed E-state index contributed by atoms with van der Waals surface area (Å²) >= 11 is 8.18. The molecule has 4 rings (SSSR count). The number of hydrogen-bond acceptors (Lipinski definition) is 7. The Labute approximate surface area is 219 Å². The Morgan fingerprint density at radius 1 is 1.20 bits per heavy atom. The zero-order chi connectivity index (χ0) is 25.1. The van der Waals surface area contributed by atoms with Gasteiger partial charge in [0.15, 0.2) is 17.2 Å². The maximum Gasteiger partial charge on any atom is 0.363 e. The smallest absolute Gasteiger partial charge is 0.363 e. The van der Waals surface area contributed by atoms with Gasteiger partial charge in [-0.2, -0.15) is 0 Å². The molecule has 0 aromatic heterocycles. The van der Waals surface area contributed by atoms with Gasteiger partial charge in [-0.1, -0.05) is 23.7 Å². The number of ether oxygens (including phenoxy) is 3. The second-order valence-corrected chi connectivity index (χ2v) is 9.15. The lowest BCUT2D eigenvalue weighted by molar-refractivity contribution is -0.385. The Morgan fingerprint density at radius 2 is 2.00 bits per heavy atom. The van der Waals surface area contributed by atoms with Crippen molar-refractivity contribution < 1.29 is 23.9 Å². The monoisotopic (exact) mass is 604 g/mol. The minimum Gasteiger partial charge on any atom is -0.493 e. The summed E-state index contributed by atoms with van der Waals surface area (Å²) in [5.41, 5.74) is 2.57. The maximum absolute atomic E-state index is 12.4. The van der Waals surface area contributed by atoms with Crippen LogP contribution in [0.25, 0.3) is 6.08 Å². The van der Waals surface area contributed by atoms with Gasteiger partial charge in [0.1, 0.15) is 6.61 Å². The van der Waals surface area contributed by atoms with Crippen LogP contribution in [0.4, 0.5) is 5.69 Å². The molecule has 1 aliphatic heterocycles. The van der Waals surface area contributed by atoms with Crippen LogP contribution in [-0.4, -0.2) is 23.9 Å². The maximum atomic E-state index is 12.4. The summed E-state index contributed by atoms with van der Waals surface area (Å²) in [6.45, 7) is 1.92. The van der Waals surface area contributed by atoms with Gasteiger partial charge in [-0.05, 0) is 83.1 Å². The lowest BCUT2D eigenvalue weighted by Gasteiger charge is -2.14. The number of halogens is 2. The van der Waals surface area contributed by atoms with Crippen molar-refractivity contribution in [1.29, 1.82) is 0 Å². The first kappa shape index (κ1) is 24.7. The Balaban J connectivity index is 1.59. The lowest BCUT2D eigenvalue weighted by Crippen LogP contribution is -2.06. The van der Waals surface area contributed by atoms with Crippen LogP contribution in [0.3, 0.4) is 0 Å². The third kappa shape index (κ3) is 5.63. The lowest BCUT2D eigenvalue weighted by atomic mass is 10.1. The number of nitrogens with zero attached hydrogens (tertiary/aromatic N) is 2. The summed E-state index contributed by atoms with van der Waals surface area (Å²) in [7, 11) is 1.53. The molecule has 0 amide bonds. The van der Waals surface area contributed by atoms with Crippen LogP contribution in [0.1, 0.15) is 22.3 Å². The molecule has 0 bridgehead atoms. The molecule has 0 N–H and O–H groups in total. The number of methoxy groups -OCH3 is 1. The molecular weight excluding hydrogens is 587 g/mol. The molecule has 35 heavy (non-hydrogen) atoms. The number of carbonyl (C=O) groups is 1. The van der Waals surface area contributed by atoms with Gasteiger partial charge < -0.3 is 14.2 Å². The van der Waals surface area contributed by atoms with Crippen molar-refractivity contribution in [2.75, 3.05) is 7.11 Å². The molecule has 0 radical (unpaired) electrons. The van der Waals surface area contributed by atoms with Gasteiger partial charge in [0.25, 0.3) is 5.69 Å². The Morgan fingerprint density at radius 3 is 2.69 bits per heavy atom. The topological polar surface area (TPSA) is 100 Å². The molecule has 0 saturated heterocycles. The number of benzene rings is 3. The fourth-order valence-corrected chi connectivity index (χ4v) is 4.42. The van der Waals surface area contributed by atoms with Gasteiger partial charge in [0.05, 0.1) is 15.6 Å². The van der Waals surface area contributed by atoms with Crippen molar-refractivity contribution in [2.45, 2.75) is 13.5 Å². The van der Waals surface area contributed by atoms with Crippen LogP contribution in [0, 0.1) is 20.6 Å². The largest absolute Gasteiger partial charge is 0.493 e. The number of aliphatic imine (C=N–C) groups is 1. The van der Waals surface area contributed by atoms with E-state index in [2.05, 4.69) is 27.6 Å². The van der Waals surface area contributed by atoms with Crippen LogP contribution in [-0.2, 0) is 16.1 Å². The quantitative estimate of drug-likeness (QED) is 0.106. The fraction of sp³-hybridized carbons (Fsp3) is 0.120. The van der Waals surface area contributed by atoms with Gasteiger partial charge in [0, 0.05) is 22.2 Å². The molecule has 178 valence electrons. The first-order valence-corrected chi connectivity index (χ1v) is 11.7. The van der Waals surface area contributed by atoms with E-state index in [1.54, 1.807) is 31.2 Å². The molecule has 3 aromatic rings. The minimum absolute atomic E-state index is 0.0196. The summed E-state index contributed by atoms with van der Waals surface area (Å²) in [5, 5.41) is 11.7. The highest BCUT2D eigenvalue weighted by Crippen LogP contribution is 2.36. The van der Waals surface area contributed by atoms with E-state index in [1.807, 2.05) is 24.3 Å². The minimum atomic E-state index is -0.619. The van der Waals surface area contributed by atoms with E-state index in [4.69, 9.17) is 25.8 Å². The van der Waals surface area contributed by atoms with Gasteiger partial charge >= 0.3 is 5.97 Å². The van der Waals surface area contributed by atoms with Crippen molar-refractivity contribution in [1.82, 2.24) is 0 Å². The first-order valence-electron chi connectivity index (χ1n) is 10.3. The molecule has 0 aliphatic carbocycles. The fourth-order valence-electron chi connectivity index (χ4n) is 3.43. The van der Waals surface area contributed by atoms with E-state index in [-0.39, 0.29) is 17.3 Å². The normalized spacial score (nSPS) is 14.0. The van der Waals surface area contributed by atoms with Crippen LogP contribution in [0.2, 0.25) is 5.02 Å². The summed E-state index contributed by atoms with van der Waals surface area (Å²) in [6, 6.07) is 15.4. The van der Waals surface area contributed by atoms with E-state index in [1.165, 1.54) is 19.2 Å². The Bertz CT molecular complexity index is 1400. The second-order valence-electron chi connectivity index (χ2n) is 7.55. The Hall–Kier alpha value is -3.44. The Kier molecular flexibility index (Phi) is 7.37. The molecule has 0 atom stereocenters. The molecule has 1 aliphatic rings. The van der Waals surface area contributed by atoms with E-state index in [0.29, 0.717) is 39.8 Å². The molecule has 0 saturated carbocycles. The van der Waals surface area contributed by atoms with Gasteiger partial charge in [-0.25, -0.2) is 9.79 Å². The first-order chi connectivity index (χ1) is 16.7. The van der Waals surface area contributed by atoms with Crippen molar-refractivity contribution in [3.05, 3.63) is 101 Å². The summed E-state index contributed by atoms with van der Waals surface area (Å²) in [4.78, 5) is 27.3. The van der Waals surface area contributed by atoms with Crippen LogP contribution >= 0.6 is 34.2 Å². The number of nitro benzene ring substituents is 1. The molecule has 10 heteroatoms. The summed E-state index contributed by atoms with van der Waals surface area (Å²) in [6.07, 6.45) is 1.58. The number of cyclic esters (lactones) is 1. The standard InChI is InChI=1S/C25H18ClIN2O6/c1-14-8-17(6-7-21(14)29(31)32)24-28-20(25(30)35-24)11-16-10-19(27)23(22(12-16)33-2)34-13-15-4-3-5-18(26)9-15/h3-12H,13H2,1-2H3/b20-11-.